The second kappa shape index (κ2) is 7.83. The maximum atomic E-state index is 4.52. The van der Waals surface area contributed by atoms with Crippen LogP contribution >= 0.6 is 11.3 Å². The van der Waals surface area contributed by atoms with Gasteiger partial charge >= 0.3 is 0 Å². The zero-order valence-corrected chi connectivity index (χ0v) is 12.5. The monoisotopic (exact) mass is 254 g/mol. The summed E-state index contributed by atoms with van der Waals surface area (Å²) in [6, 6.07) is 0.503. The van der Waals surface area contributed by atoms with E-state index in [-0.39, 0.29) is 0 Å². The minimum Gasteiger partial charge on any atom is -0.312 e. The highest BCUT2D eigenvalue weighted by molar-refractivity contribution is 7.11. The first-order chi connectivity index (χ1) is 8.19. The summed E-state index contributed by atoms with van der Waals surface area (Å²) in [6.07, 6.45) is 8.01. The molecule has 1 atom stereocenters. The molecule has 0 aromatic carbocycles. The number of aromatic nitrogens is 1. The maximum Gasteiger partial charge on any atom is 0.0900 e. The van der Waals surface area contributed by atoms with Crippen LogP contribution in [-0.4, -0.2) is 12.0 Å². The van der Waals surface area contributed by atoms with Crippen molar-refractivity contribution in [1.82, 2.24) is 10.3 Å². The molecule has 17 heavy (non-hydrogen) atoms. The van der Waals surface area contributed by atoms with Crippen LogP contribution in [0.15, 0.2) is 0 Å². The minimum atomic E-state index is 0.503. The second-order valence-corrected chi connectivity index (χ2v) is 5.96. The molecule has 0 saturated heterocycles. The summed E-state index contributed by atoms with van der Waals surface area (Å²) in [5.41, 5.74) is 1.21. The smallest absolute Gasteiger partial charge is 0.0900 e. The Labute approximate surface area is 110 Å². The molecule has 98 valence electrons. The van der Waals surface area contributed by atoms with Gasteiger partial charge in [0.2, 0.25) is 0 Å². The quantitative estimate of drug-likeness (QED) is 0.696. The summed E-state index contributed by atoms with van der Waals surface area (Å²) in [5, 5.41) is 4.62. The Kier molecular flexibility index (Phi) is 6.75. The van der Waals surface area contributed by atoms with Crippen molar-refractivity contribution in [2.24, 2.45) is 0 Å². The minimum absolute atomic E-state index is 0.503. The molecule has 0 bridgehead atoms. The van der Waals surface area contributed by atoms with Crippen LogP contribution in [0, 0.1) is 13.8 Å². The van der Waals surface area contributed by atoms with Crippen molar-refractivity contribution in [2.75, 3.05) is 7.05 Å². The number of hydrogen-bond acceptors (Lipinski definition) is 3. The number of hydrogen-bond donors (Lipinski definition) is 1. The topological polar surface area (TPSA) is 24.9 Å². The van der Waals surface area contributed by atoms with E-state index in [1.165, 1.54) is 54.1 Å². The number of aryl methyl sites for hydroxylation is 2. The lowest BCUT2D eigenvalue weighted by atomic mass is 10.0. The lowest BCUT2D eigenvalue weighted by Crippen LogP contribution is -2.16. The standard InChI is InChI=1S/C14H26N2S/c1-5-6-7-8-9-10-13(15-4)14-11(2)16-12(3)17-14/h13,15H,5-10H2,1-4H3. The maximum absolute atomic E-state index is 4.52. The number of thiazole rings is 1. The number of nitrogens with zero attached hydrogens (tertiary/aromatic N) is 1. The van der Waals surface area contributed by atoms with Crippen LogP contribution in [0.3, 0.4) is 0 Å². The third-order valence-corrected chi connectivity index (χ3v) is 4.39. The Morgan fingerprint density at radius 1 is 1.18 bits per heavy atom. The van der Waals surface area contributed by atoms with Crippen molar-refractivity contribution in [3.05, 3.63) is 15.6 Å². The average molecular weight is 254 g/mol. The molecule has 0 aliphatic rings. The van der Waals surface area contributed by atoms with E-state index in [4.69, 9.17) is 0 Å². The molecule has 1 rings (SSSR count). The molecule has 0 spiro atoms. The molecule has 1 heterocycles. The van der Waals surface area contributed by atoms with Crippen LogP contribution in [0.5, 0.6) is 0 Å². The average Bonchev–Trinajstić information content (AvgIpc) is 2.63. The van der Waals surface area contributed by atoms with Gasteiger partial charge in [0.1, 0.15) is 0 Å². The van der Waals surface area contributed by atoms with Crippen LogP contribution in [0.2, 0.25) is 0 Å². The molecule has 1 aromatic heterocycles. The van der Waals surface area contributed by atoms with Crippen LogP contribution in [0.1, 0.15) is 67.1 Å². The lowest BCUT2D eigenvalue weighted by molar-refractivity contribution is 0.504. The van der Waals surface area contributed by atoms with Gasteiger partial charge in [-0.15, -0.1) is 11.3 Å². The van der Waals surface area contributed by atoms with Gasteiger partial charge in [-0.05, 0) is 27.3 Å². The zero-order valence-electron chi connectivity index (χ0n) is 11.7. The van der Waals surface area contributed by atoms with Crippen molar-refractivity contribution in [1.29, 1.82) is 0 Å². The largest absolute Gasteiger partial charge is 0.312 e. The van der Waals surface area contributed by atoms with Crippen molar-refractivity contribution in [3.63, 3.8) is 0 Å². The summed E-state index contributed by atoms with van der Waals surface area (Å²) in [5.74, 6) is 0. The number of unbranched alkanes of at least 4 members (excludes halogenated alkanes) is 4. The van der Waals surface area contributed by atoms with Gasteiger partial charge in [-0.3, -0.25) is 0 Å². The van der Waals surface area contributed by atoms with E-state index >= 15 is 0 Å². The summed E-state index contributed by atoms with van der Waals surface area (Å²) < 4.78 is 0. The first-order valence-corrected chi connectivity index (χ1v) is 7.61. The van der Waals surface area contributed by atoms with Gasteiger partial charge in [-0.25, -0.2) is 4.98 Å². The molecule has 0 aliphatic heterocycles. The van der Waals surface area contributed by atoms with Crippen molar-refractivity contribution < 1.29 is 0 Å². The molecule has 0 radical (unpaired) electrons. The van der Waals surface area contributed by atoms with Crippen LogP contribution in [0.4, 0.5) is 0 Å². The molecule has 0 amide bonds. The van der Waals surface area contributed by atoms with E-state index < -0.39 is 0 Å². The van der Waals surface area contributed by atoms with Gasteiger partial charge in [0, 0.05) is 10.9 Å². The van der Waals surface area contributed by atoms with E-state index in [2.05, 4.69) is 38.1 Å². The van der Waals surface area contributed by atoms with E-state index in [9.17, 15) is 0 Å². The molecular formula is C14H26N2S. The van der Waals surface area contributed by atoms with Crippen molar-refractivity contribution in [2.45, 2.75) is 65.3 Å². The third kappa shape index (κ3) is 4.76. The molecule has 3 heteroatoms. The normalized spacial score (nSPS) is 12.9. The van der Waals surface area contributed by atoms with Crippen molar-refractivity contribution in [3.8, 4) is 0 Å². The van der Waals surface area contributed by atoms with Gasteiger partial charge < -0.3 is 5.32 Å². The third-order valence-electron chi connectivity index (χ3n) is 3.20. The van der Waals surface area contributed by atoms with E-state index in [1.807, 2.05) is 11.3 Å². The van der Waals surface area contributed by atoms with E-state index in [0.717, 1.165) is 0 Å². The van der Waals surface area contributed by atoms with Gasteiger partial charge in [0.15, 0.2) is 0 Å². The first-order valence-electron chi connectivity index (χ1n) is 6.80. The molecule has 1 unspecified atom stereocenters. The Morgan fingerprint density at radius 3 is 2.41 bits per heavy atom. The zero-order chi connectivity index (χ0) is 12.7. The van der Waals surface area contributed by atoms with Gasteiger partial charge in [0.05, 0.1) is 10.7 Å². The number of nitrogens with one attached hydrogen (secondary N) is 1. The molecule has 2 nitrogen and oxygen atoms in total. The summed E-state index contributed by atoms with van der Waals surface area (Å²) in [6.45, 7) is 6.48. The summed E-state index contributed by atoms with van der Waals surface area (Å²) in [7, 11) is 2.06. The molecule has 0 aliphatic carbocycles. The molecular weight excluding hydrogens is 228 g/mol. The first kappa shape index (κ1) is 14.7. The fraction of sp³-hybridized carbons (Fsp3) is 0.786. The number of rotatable bonds is 8. The fourth-order valence-corrected chi connectivity index (χ4v) is 3.30. The Bertz CT molecular complexity index is 320. The van der Waals surface area contributed by atoms with E-state index in [0.29, 0.717) is 6.04 Å². The summed E-state index contributed by atoms with van der Waals surface area (Å²) >= 11 is 1.84. The molecule has 0 fully saturated rings. The Morgan fingerprint density at radius 2 is 1.88 bits per heavy atom. The Hall–Kier alpha value is -0.410. The summed E-state index contributed by atoms with van der Waals surface area (Å²) in [4.78, 5) is 5.95. The van der Waals surface area contributed by atoms with Crippen LogP contribution < -0.4 is 5.32 Å². The SMILES string of the molecule is CCCCCCCC(NC)c1sc(C)nc1C. The van der Waals surface area contributed by atoms with Gasteiger partial charge in [-0.2, -0.15) is 0 Å². The molecule has 1 N–H and O–H groups in total. The highest BCUT2D eigenvalue weighted by atomic mass is 32.1. The highest BCUT2D eigenvalue weighted by Gasteiger charge is 2.15. The van der Waals surface area contributed by atoms with Gasteiger partial charge in [0.25, 0.3) is 0 Å². The molecule has 0 saturated carbocycles. The highest BCUT2D eigenvalue weighted by Crippen LogP contribution is 2.28. The lowest BCUT2D eigenvalue weighted by Gasteiger charge is -2.14. The van der Waals surface area contributed by atoms with Crippen LogP contribution in [0.25, 0.3) is 0 Å². The predicted molar refractivity (Wildman–Crippen MR) is 76.8 cm³/mol. The predicted octanol–water partition coefficient (Wildman–Crippen LogP) is 4.38. The molecule has 1 aromatic rings. The van der Waals surface area contributed by atoms with Gasteiger partial charge in [-0.1, -0.05) is 39.0 Å². The van der Waals surface area contributed by atoms with E-state index in [1.54, 1.807) is 0 Å². The second-order valence-electron chi connectivity index (χ2n) is 4.73. The Balaban J connectivity index is 2.40. The van der Waals surface area contributed by atoms with Crippen LogP contribution in [-0.2, 0) is 0 Å². The van der Waals surface area contributed by atoms with Crippen molar-refractivity contribution >= 4 is 11.3 Å². The fourth-order valence-electron chi connectivity index (χ4n) is 2.23.